The standard InChI is InChI=1S/C27H31N7O2/c1-36-18-17-32-13-15-33(16-14-32)21-9-7-20(8-10-21)30-27-29-12-11-25(31-27)34-19-23(26(28)35)22-5-3-2-4-6-24(22)34/h2-12,19,24H,13-18H2,1H3,(H2,28,35)(H,29,30,31). The lowest BCUT2D eigenvalue weighted by molar-refractivity contribution is -0.114. The lowest BCUT2D eigenvalue weighted by Gasteiger charge is -2.36. The second-order valence-electron chi connectivity index (χ2n) is 8.88. The van der Waals surface area contributed by atoms with Crippen molar-refractivity contribution in [3.05, 3.63) is 84.3 Å². The fraction of sp³-hybridized carbons (Fsp3) is 0.296. The molecule has 1 aromatic carbocycles. The number of methoxy groups -OCH3 is 1. The molecule has 9 heteroatoms. The number of rotatable bonds is 8. The molecule has 1 aromatic heterocycles. The van der Waals surface area contributed by atoms with Crippen molar-refractivity contribution in [1.82, 2.24) is 14.9 Å². The van der Waals surface area contributed by atoms with Crippen LogP contribution in [0.5, 0.6) is 0 Å². The highest BCUT2D eigenvalue weighted by Gasteiger charge is 2.32. The van der Waals surface area contributed by atoms with E-state index in [1.54, 1.807) is 19.5 Å². The van der Waals surface area contributed by atoms with Gasteiger partial charge in [0.1, 0.15) is 5.82 Å². The van der Waals surface area contributed by atoms with Gasteiger partial charge in [0.25, 0.3) is 5.91 Å². The number of anilines is 4. The van der Waals surface area contributed by atoms with Gasteiger partial charge in [-0.2, -0.15) is 4.98 Å². The molecule has 1 fully saturated rings. The van der Waals surface area contributed by atoms with Gasteiger partial charge in [0, 0.05) is 63.6 Å². The van der Waals surface area contributed by atoms with Crippen molar-refractivity contribution >= 4 is 29.0 Å². The molecule has 3 aliphatic rings. The SMILES string of the molecule is COCCN1CCN(c2ccc(Nc3nccc(N4C=C(C(N)=O)C5=CC=CC=CC54)n3)cc2)CC1. The number of hydrogen-bond acceptors (Lipinski definition) is 8. The molecule has 1 unspecified atom stereocenters. The Morgan fingerprint density at radius 2 is 1.92 bits per heavy atom. The maximum Gasteiger partial charge on any atom is 0.250 e. The normalized spacial score (nSPS) is 19.5. The minimum Gasteiger partial charge on any atom is -0.383 e. The van der Waals surface area contributed by atoms with Crippen molar-refractivity contribution in [2.45, 2.75) is 6.04 Å². The molecule has 0 radical (unpaired) electrons. The number of amides is 1. The van der Waals surface area contributed by atoms with Gasteiger partial charge in [0.05, 0.1) is 18.2 Å². The number of piperazine rings is 1. The summed E-state index contributed by atoms with van der Waals surface area (Å²) in [4.78, 5) is 27.9. The molecule has 1 aliphatic carbocycles. The molecule has 1 atom stereocenters. The van der Waals surface area contributed by atoms with Crippen molar-refractivity contribution in [3.63, 3.8) is 0 Å². The van der Waals surface area contributed by atoms with Gasteiger partial charge < -0.3 is 25.6 Å². The number of carbonyl (C=O) groups is 1. The Balaban J connectivity index is 1.26. The third kappa shape index (κ3) is 5.17. The van der Waals surface area contributed by atoms with Gasteiger partial charge in [0.15, 0.2) is 0 Å². The summed E-state index contributed by atoms with van der Waals surface area (Å²) >= 11 is 0. The third-order valence-corrected chi connectivity index (χ3v) is 6.63. The maximum absolute atomic E-state index is 12.0. The van der Waals surface area contributed by atoms with Gasteiger partial charge in [-0.05, 0) is 35.9 Å². The highest BCUT2D eigenvalue weighted by atomic mass is 16.5. The van der Waals surface area contributed by atoms with Crippen molar-refractivity contribution in [2.75, 3.05) is 61.6 Å². The minimum atomic E-state index is -0.457. The molecule has 0 spiro atoms. The topological polar surface area (TPSA) is 99.9 Å². The first-order chi connectivity index (χ1) is 17.6. The van der Waals surface area contributed by atoms with Gasteiger partial charge in [-0.3, -0.25) is 9.69 Å². The Morgan fingerprint density at radius 3 is 2.67 bits per heavy atom. The van der Waals surface area contributed by atoms with Gasteiger partial charge in [-0.15, -0.1) is 0 Å². The number of fused-ring (bicyclic) bond motifs is 1. The second-order valence-corrected chi connectivity index (χ2v) is 8.88. The van der Waals surface area contributed by atoms with Crippen LogP contribution < -0.4 is 20.9 Å². The number of allylic oxidation sites excluding steroid dienone is 4. The number of aromatic nitrogens is 2. The van der Waals surface area contributed by atoms with Crippen molar-refractivity contribution in [3.8, 4) is 0 Å². The lowest BCUT2D eigenvalue weighted by atomic mass is 10.0. The number of benzene rings is 1. The molecule has 5 rings (SSSR count). The summed E-state index contributed by atoms with van der Waals surface area (Å²) in [7, 11) is 1.75. The molecule has 1 amide bonds. The first kappa shape index (κ1) is 23.8. The van der Waals surface area contributed by atoms with Crippen LogP contribution in [0.1, 0.15) is 0 Å². The van der Waals surface area contributed by atoms with Gasteiger partial charge in [-0.25, -0.2) is 4.98 Å². The zero-order chi connectivity index (χ0) is 24.9. The quantitative estimate of drug-likeness (QED) is 0.589. The molecule has 0 saturated carbocycles. The number of carbonyl (C=O) groups excluding carboxylic acids is 1. The van der Waals surface area contributed by atoms with Crippen LogP contribution in [0.25, 0.3) is 0 Å². The van der Waals surface area contributed by atoms with Crippen LogP contribution in [0.2, 0.25) is 0 Å². The fourth-order valence-corrected chi connectivity index (χ4v) is 4.68. The molecule has 9 nitrogen and oxygen atoms in total. The largest absolute Gasteiger partial charge is 0.383 e. The van der Waals surface area contributed by atoms with Crippen molar-refractivity contribution in [1.29, 1.82) is 0 Å². The average Bonchev–Trinajstić information content (AvgIpc) is 3.10. The minimum absolute atomic E-state index is 0.153. The Labute approximate surface area is 211 Å². The highest BCUT2D eigenvalue weighted by Crippen LogP contribution is 2.33. The smallest absolute Gasteiger partial charge is 0.250 e. The van der Waals surface area contributed by atoms with E-state index < -0.39 is 5.91 Å². The Bertz CT molecular complexity index is 1210. The molecular weight excluding hydrogens is 454 g/mol. The maximum atomic E-state index is 12.0. The average molecular weight is 486 g/mol. The fourth-order valence-electron chi connectivity index (χ4n) is 4.68. The van der Waals surface area contributed by atoms with E-state index in [2.05, 4.69) is 32.2 Å². The molecule has 2 aliphatic heterocycles. The Hall–Kier alpha value is -3.95. The monoisotopic (exact) mass is 485 g/mol. The zero-order valence-corrected chi connectivity index (χ0v) is 20.4. The predicted molar refractivity (Wildman–Crippen MR) is 142 cm³/mol. The summed E-state index contributed by atoms with van der Waals surface area (Å²) < 4.78 is 5.19. The van der Waals surface area contributed by atoms with Crippen LogP contribution in [-0.4, -0.2) is 73.3 Å². The molecule has 2 aromatic rings. The molecule has 186 valence electrons. The molecular formula is C27H31N7O2. The Morgan fingerprint density at radius 1 is 1.11 bits per heavy atom. The van der Waals surface area contributed by atoms with E-state index in [1.165, 1.54) is 5.69 Å². The van der Waals surface area contributed by atoms with Crippen LogP contribution in [-0.2, 0) is 9.53 Å². The van der Waals surface area contributed by atoms with E-state index in [9.17, 15) is 4.79 Å². The van der Waals surface area contributed by atoms with E-state index in [0.29, 0.717) is 17.3 Å². The summed E-state index contributed by atoms with van der Waals surface area (Å²) in [5, 5.41) is 3.30. The summed E-state index contributed by atoms with van der Waals surface area (Å²) in [6.07, 6.45) is 13.2. The second kappa shape index (κ2) is 10.8. The van der Waals surface area contributed by atoms with E-state index in [0.717, 1.165) is 50.6 Å². The first-order valence-electron chi connectivity index (χ1n) is 12.1. The van der Waals surface area contributed by atoms with E-state index in [1.807, 2.05) is 53.5 Å². The highest BCUT2D eigenvalue weighted by molar-refractivity contribution is 5.99. The molecule has 0 bridgehead atoms. The van der Waals surface area contributed by atoms with E-state index in [4.69, 9.17) is 15.5 Å². The predicted octanol–water partition coefficient (Wildman–Crippen LogP) is 2.60. The number of hydrogen-bond donors (Lipinski definition) is 2. The summed E-state index contributed by atoms with van der Waals surface area (Å²) in [6.45, 7) is 5.83. The third-order valence-electron chi connectivity index (χ3n) is 6.63. The molecule has 3 N–H and O–H groups in total. The van der Waals surface area contributed by atoms with Crippen LogP contribution >= 0.6 is 0 Å². The van der Waals surface area contributed by atoms with Crippen LogP contribution in [0, 0.1) is 0 Å². The van der Waals surface area contributed by atoms with E-state index >= 15 is 0 Å². The van der Waals surface area contributed by atoms with Crippen LogP contribution in [0.3, 0.4) is 0 Å². The zero-order valence-electron chi connectivity index (χ0n) is 20.4. The van der Waals surface area contributed by atoms with Crippen molar-refractivity contribution in [2.24, 2.45) is 5.73 Å². The number of ether oxygens (including phenoxy) is 1. The van der Waals surface area contributed by atoms with Crippen LogP contribution in [0.15, 0.2) is 84.3 Å². The molecule has 36 heavy (non-hydrogen) atoms. The molecule has 3 heterocycles. The Kier molecular flexibility index (Phi) is 7.11. The summed E-state index contributed by atoms with van der Waals surface area (Å²) in [5.41, 5.74) is 9.09. The lowest BCUT2D eigenvalue weighted by Crippen LogP contribution is -2.47. The number of nitrogens with two attached hydrogens (primary N) is 1. The van der Waals surface area contributed by atoms with Crippen LogP contribution in [0.4, 0.5) is 23.1 Å². The number of nitrogens with zero attached hydrogens (tertiary/aromatic N) is 5. The number of primary amides is 1. The molecule has 1 saturated heterocycles. The van der Waals surface area contributed by atoms with Crippen molar-refractivity contribution < 1.29 is 9.53 Å². The van der Waals surface area contributed by atoms with Gasteiger partial charge in [0.2, 0.25) is 5.95 Å². The summed E-state index contributed by atoms with van der Waals surface area (Å²) in [5.74, 6) is 0.699. The number of nitrogens with one attached hydrogen (secondary N) is 1. The van der Waals surface area contributed by atoms with Gasteiger partial charge in [-0.1, -0.05) is 30.4 Å². The van der Waals surface area contributed by atoms with Gasteiger partial charge >= 0.3 is 0 Å². The van der Waals surface area contributed by atoms with E-state index in [-0.39, 0.29) is 6.04 Å². The summed E-state index contributed by atoms with van der Waals surface area (Å²) in [6, 6.07) is 10.0. The first-order valence-corrected chi connectivity index (χ1v) is 12.1.